The zero-order chi connectivity index (χ0) is 12.3. The average Bonchev–Trinajstić information content (AvgIpc) is 2.97. The summed E-state index contributed by atoms with van der Waals surface area (Å²) in [5, 5.41) is 10.4. The molecule has 0 aliphatic heterocycles. The van der Waals surface area contributed by atoms with E-state index >= 15 is 0 Å². The third kappa shape index (κ3) is 2.71. The summed E-state index contributed by atoms with van der Waals surface area (Å²) in [6, 6.07) is 0. The fourth-order valence-electron chi connectivity index (χ4n) is 3.00. The summed E-state index contributed by atoms with van der Waals surface area (Å²) < 4.78 is 2.10. The Morgan fingerprint density at radius 3 is 2.94 bits per heavy atom. The lowest BCUT2D eigenvalue weighted by molar-refractivity contribution is 0.0964. The van der Waals surface area contributed by atoms with Crippen LogP contribution in [0.15, 0.2) is 12.4 Å². The Balaban J connectivity index is 2.03. The monoisotopic (exact) mass is 236 g/mol. The molecule has 1 aromatic rings. The molecule has 0 aromatic carbocycles. The highest BCUT2D eigenvalue weighted by Crippen LogP contribution is 2.39. The predicted molar refractivity (Wildman–Crippen MR) is 68.6 cm³/mol. The second kappa shape index (κ2) is 5.67. The molecule has 96 valence electrons. The van der Waals surface area contributed by atoms with E-state index in [2.05, 4.69) is 23.4 Å². The van der Waals surface area contributed by atoms with Gasteiger partial charge in [0.15, 0.2) is 0 Å². The average molecular weight is 236 g/mol. The first-order valence-corrected chi connectivity index (χ1v) is 6.95. The van der Waals surface area contributed by atoms with Crippen LogP contribution in [0.3, 0.4) is 0 Å². The van der Waals surface area contributed by atoms with Crippen molar-refractivity contribution >= 4 is 0 Å². The first kappa shape index (κ1) is 12.6. The van der Waals surface area contributed by atoms with E-state index in [0.717, 1.165) is 37.5 Å². The van der Waals surface area contributed by atoms with E-state index in [0.29, 0.717) is 5.92 Å². The van der Waals surface area contributed by atoms with Crippen molar-refractivity contribution in [3.05, 3.63) is 18.2 Å². The molecule has 3 heteroatoms. The lowest BCUT2D eigenvalue weighted by atomic mass is 9.97. The largest absolute Gasteiger partial charge is 0.385 e. The van der Waals surface area contributed by atoms with Gasteiger partial charge in [0.2, 0.25) is 0 Å². The molecule has 1 aliphatic carbocycles. The van der Waals surface area contributed by atoms with Crippen molar-refractivity contribution in [3.8, 4) is 0 Å². The summed E-state index contributed by atoms with van der Waals surface area (Å²) in [6.07, 6.45) is 9.33. The van der Waals surface area contributed by atoms with Crippen LogP contribution in [0.1, 0.15) is 57.9 Å². The molecule has 1 fully saturated rings. The number of nitrogens with zero attached hydrogens (tertiary/aromatic N) is 2. The fraction of sp³-hybridized carbons (Fsp3) is 0.786. The molecule has 17 heavy (non-hydrogen) atoms. The number of rotatable bonds is 5. The number of imidazole rings is 1. The second-order valence-corrected chi connectivity index (χ2v) is 5.27. The second-order valence-electron chi connectivity index (χ2n) is 5.27. The van der Waals surface area contributed by atoms with Gasteiger partial charge in [0, 0.05) is 18.9 Å². The van der Waals surface area contributed by atoms with E-state index in [4.69, 9.17) is 0 Å². The van der Waals surface area contributed by atoms with Gasteiger partial charge in [0.25, 0.3) is 0 Å². The molecule has 0 radical (unpaired) electrons. The SMILES string of the molecule is CCCn1ccnc1C(O)C1CCC(CC)C1. The van der Waals surface area contributed by atoms with Gasteiger partial charge < -0.3 is 9.67 Å². The Kier molecular flexibility index (Phi) is 4.21. The molecule has 1 aliphatic rings. The quantitative estimate of drug-likeness (QED) is 0.852. The van der Waals surface area contributed by atoms with E-state index < -0.39 is 0 Å². The minimum atomic E-state index is -0.368. The molecule has 3 atom stereocenters. The minimum Gasteiger partial charge on any atom is -0.385 e. The maximum atomic E-state index is 10.4. The number of aliphatic hydroxyl groups excluding tert-OH is 1. The van der Waals surface area contributed by atoms with Crippen molar-refractivity contribution < 1.29 is 5.11 Å². The van der Waals surface area contributed by atoms with Crippen LogP contribution < -0.4 is 0 Å². The van der Waals surface area contributed by atoms with Crippen LogP contribution in [0, 0.1) is 11.8 Å². The maximum absolute atomic E-state index is 10.4. The molecular formula is C14H24N2O. The molecule has 1 N–H and O–H groups in total. The fourth-order valence-corrected chi connectivity index (χ4v) is 3.00. The van der Waals surface area contributed by atoms with Gasteiger partial charge in [0.05, 0.1) is 0 Å². The molecule has 0 bridgehead atoms. The Morgan fingerprint density at radius 2 is 2.29 bits per heavy atom. The number of aromatic nitrogens is 2. The van der Waals surface area contributed by atoms with Gasteiger partial charge in [-0.05, 0) is 31.1 Å². The van der Waals surface area contributed by atoms with Gasteiger partial charge >= 0.3 is 0 Å². The Hall–Kier alpha value is -0.830. The van der Waals surface area contributed by atoms with Crippen LogP contribution >= 0.6 is 0 Å². The highest BCUT2D eigenvalue weighted by Gasteiger charge is 2.31. The molecule has 0 saturated heterocycles. The third-order valence-electron chi connectivity index (χ3n) is 4.08. The molecule has 1 saturated carbocycles. The van der Waals surface area contributed by atoms with Gasteiger partial charge in [0.1, 0.15) is 11.9 Å². The summed E-state index contributed by atoms with van der Waals surface area (Å²) >= 11 is 0. The van der Waals surface area contributed by atoms with E-state index in [1.165, 1.54) is 12.8 Å². The molecule has 0 amide bonds. The lowest BCUT2D eigenvalue weighted by Crippen LogP contribution is -2.15. The molecular weight excluding hydrogens is 212 g/mol. The van der Waals surface area contributed by atoms with Crippen molar-refractivity contribution in [1.29, 1.82) is 0 Å². The number of aliphatic hydroxyl groups is 1. The standard InChI is InChI=1S/C14H24N2O/c1-3-8-16-9-7-15-14(16)13(17)12-6-5-11(4-2)10-12/h7,9,11-13,17H,3-6,8,10H2,1-2H3. The van der Waals surface area contributed by atoms with E-state index in [1.807, 2.05) is 6.20 Å². The van der Waals surface area contributed by atoms with E-state index in [1.54, 1.807) is 6.20 Å². The summed E-state index contributed by atoms with van der Waals surface area (Å²) in [7, 11) is 0. The minimum absolute atomic E-state index is 0.368. The Bertz CT molecular complexity index is 348. The maximum Gasteiger partial charge on any atom is 0.137 e. The summed E-state index contributed by atoms with van der Waals surface area (Å²) in [5.74, 6) is 2.09. The van der Waals surface area contributed by atoms with Crippen LogP contribution in [0.4, 0.5) is 0 Å². The van der Waals surface area contributed by atoms with Crippen LogP contribution in [0.5, 0.6) is 0 Å². The molecule has 1 heterocycles. The van der Waals surface area contributed by atoms with Crippen molar-refractivity contribution in [2.45, 2.75) is 58.6 Å². The highest BCUT2D eigenvalue weighted by molar-refractivity contribution is 5.00. The summed E-state index contributed by atoms with van der Waals surface area (Å²) in [4.78, 5) is 4.34. The number of aryl methyl sites for hydroxylation is 1. The summed E-state index contributed by atoms with van der Waals surface area (Å²) in [5.41, 5.74) is 0. The van der Waals surface area contributed by atoms with Crippen LogP contribution in [0.2, 0.25) is 0 Å². The van der Waals surface area contributed by atoms with Crippen molar-refractivity contribution in [1.82, 2.24) is 9.55 Å². The molecule has 3 unspecified atom stereocenters. The molecule has 0 spiro atoms. The van der Waals surface area contributed by atoms with Crippen molar-refractivity contribution in [2.24, 2.45) is 11.8 Å². The van der Waals surface area contributed by atoms with Gasteiger partial charge in [-0.15, -0.1) is 0 Å². The van der Waals surface area contributed by atoms with Crippen molar-refractivity contribution in [2.75, 3.05) is 0 Å². The van der Waals surface area contributed by atoms with Gasteiger partial charge in [-0.1, -0.05) is 26.7 Å². The smallest absolute Gasteiger partial charge is 0.137 e. The van der Waals surface area contributed by atoms with E-state index in [9.17, 15) is 5.11 Å². The van der Waals surface area contributed by atoms with E-state index in [-0.39, 0.29) is 6.10 Å². The normalized spacial score (nSPS) is 26.3. The Morgan fingerprint density at radius 1 is 1.47 bits per heavy atom. The summed E-state index contributed by atoms with van der Waals surface area (Å²) in [6.45, 7) is 5.35. The zero-order valence-electron chi connectivity index (χ0n) is 11.0. The van der Waals surface area contributed by atoms with Gasteiger partial charge in [-0.2, -0.15) is 0 Å². The topological polar surface area (TPSA) is 38.0 Å². The van der Waals surface area contributed by atoms with Crippen LogP contribution in [0.25, 0.3) is 0 Å². The highest BCUT2D eigenvalue weighted by atomic mass is 16.3. The zero-order valence-corrected chi connectivity index (χ0v) is 11.0. The lowest BCUT2D eigenvalue weighted by Gasteiger charge is -2.19. The number of hydrogen-bond acceptors (Lipinski definition) is 2. The Labute approximate surface area is 104 Å². The van der Waals surface area contributed by atoms with Crippen molar-refractivity contribution in [3.63, 3.8) is 0 Å². The third-order valence-corrected chi connectivity index (χ3v) is 4.08. The van der Waals surface area contributed by atoms with Crippen LogP contribution in [-0.2, 0) is 6.54 Å². The first-order valence-electron chi connectivity index (χ1n) is 6.95. The molecule has 2 rings (SSSR count). The number of hydrogen-bond donors (Lipinski definition) is 1. The predicted octanol–water partition coefficient (Wildman–Crippen LogP) is 3.15. The van der Waals surface area contributed by atoms with Crippen LogP contribution in [-0.4, -0.2) is 14.7 Å². The molecule has 1 aromatic heterocycles. The van der Waals surface area contributed by atoms with Gasteiger partial charge in [-0.3, -0.25) is 0 Å². The molecule has 3 nitrogen and oxygen atoms in total. The van der Waals surface area contributed by atoms with Gasteiger partial charge in [-0.25, -0.2) is 4.98 Å². The first-order chi connectivity index (χ1) is 8.26.